The molecule has 0 bridgehead atoms. The fourth-order valence-corrected chi connectivity index (χ4v) is 2.17. The van der Waals surface area contributed by atoms with Crippen molar-refractivity contribution in [3.63, 3.8) is 0 Å². The van der Waals surface area contributed by atoms with Crippen molar-refractivity contribution >= 4 is 0 Å². The summed E-state index contributed by atoms with van der Waals surface area (Å²) in [6, 6.07) is 0.562. The lowest BCUT2D eigenvalue weighted by Gasteiger charge is -2.35. The average molecular weight is 230 g/mol. The molecule has 0 heterocycles. The van der Waals surface area contributed by atoms with Gasteiger partial charge in [-0.2, -0.15) is 0 Å². The maximum atomic E-state index is 9.51. The molecule has 1 saturated carbocycles. The first-order valence-corrected chi connectivity index (χ1v) is 6.21. The summed E-state index contributed by atoms with van der Waals surface area (Å²) in [7, 11) is 1.65. The Balaban J connectivity index is 2.57. The van der Waals surface area contributed by atoms with Crippen LogP contribution < -0.4 is 5.73 Å². The van der Waals surface area contributed by atoms with Crippen LogP contribution in [0, 0.1) is 5.92 Å². The lowest BCUT2D eigenvalue weighted by Crippen LogP contribution is -2.53. The van der Waals surface area contributed by atoms with Crippen LogP contribution in [0.5, 0.6) is 0 Å². The van der Waals surface area contributed by atoms with Gasteiger partial charge < -0.3 is 15.6 Å². The Bertz CT molecular complexity index is 195. The molecule has 2 atom stereocenters. The minimum atomic E-state index is -0.102. The van der Waals surface area contributed by atoms with Crippen LogP contribution in [0.3, 0.4) is 0 Å². The van der Waals surface area contributed by atoms with Crippen molar-refractivity contribution in [3.8, 4) is 0 Å². The van der Waals surface area contributed by atoms with E-state index in [1.807, 2.05) is 0 Å². The normalized spacial score (nSPS) is 20.4. The lowest BCUT2D eigenvalue weighted by atomic mass is 10.1. The number of rotatable bonds is 8. The van der Waals surface area contributed by atoms with Crippen LogP contribution in [0.1, 0.15) is 26.7 Å². The van der Waals surface area contributed by atoms with Gasteiger partial charge in [0.25, 0.3) is 0 Å². The molecule has 0 spiro atoms. The van der Waals surface area contributed by atoms with Gasteiger partial charge in [-0.3, -0.25) is 4.90 Å². The molecule has 1 rings (SSSR count). The Morgan fingerprint density at radius 1 is 1.44 bits per heavy atom. The Kier molecular flexibility index (Phi) is 5.69. The zero-order valence-corrected chi connectivity index (χ0v) is 10.7. The second-order valence-corrected chi connectivity index (χ2v) is 5.19. The quantitative estimate of drug-likeness (QED) is 0.635. The second-order valence-electron chi connectivity index (χ2n) is 5.19. The number of nitrogens with zero attached hydrogens (tertiary/aromatic N) is 1. The third kappa shape index (κ3) is 4.01. The first-order valence-electron chi connectivity index (χ1n) is 6.21. The Morgan fingerprint density at radius 2 is 2.06 bits per heavy atom. The van der Waals surface area contributed by atoms with Gasteiger partial charge in [-0.1, -0.05) is 13.8 Å². The van der Waals surface area contributed by atoms with Crippen molar-refractivity contribution in [3.05, 3.63) is 0 Å². The predicted octanol–water partition coefficient (Wildman–Crippen LogP) is 0.441. The van der Waals surface area contributed by atoms with Crippen LogP contribution >= 0.6 is 0 Å². The molecule has 3 N–H and O–H groups in total. The Morgan fingerprint density at radius 3 is 2.44 bits per heavy atom. The van der Waals surface area contributed by atoms with E-state index in [1.165, 1.54) is 12.8 Å². The van der Waals surface area contributed by atoms with E-state index in [0.717, 1.165) is 6.54 Å². The molecule has 0 aliphatic heterocycles. The highest BCUT2D eigenvalue weighted by Gasteiger charge is 2.36. The van der Waals surface area contributed by atoms with Gasteiger partial charge in [0.2, 0.25) is 0 Å². The third-order valence-electron chi connectivity index (χ3n) is 3.06. The van der Waals surface area contributed by atoms with Gasteiger partial charge >= 0.3 is 0 Å². The van der Waals surface area contributed by atoms with Gasteiger partial charge in [0.05, 0.1) is 19.3 Å². The van der Waals surface area contributed by atoms with E-state index in [4.69, 9.17) is 10.5 Å². The van der Waals surface area contributed by atoms with Gasteiger partial charge in [0.15, 0.2) is 0 Å². The molecule has 96 valence electrons. The van der Waals surface area contributed by atoms with Gasteiger partial charge in [-0.15, -0.1) is 0 Å². The van der Waals surface area contributed by atoms with Gasteiger partial charge in [0, 0.05) is 25.7 Å². The minimum Gasteiger partial charge on any atom is -0.395 e. The Hall–Kier alpha value is -0.160. The molecule has 1 fully saturated rings. The standard InChI is InChI=1S/C12H26N2O2/c1-9(2)6-14(10-4-5-10)12(7-15)11(13)8-16-3/h9-12,15H,4-8,13H2,1-3H3. The summed E-state index contributed by atoms with van der Waals surface area (Å²) >= 11 is 0. The molecule has 1 aliphatic rings. The highest BCUT2D eigenvalue weighted by molar-refractivity contribution is 4.92. The molecule has 16 heavy (non-hydrogen) atoms. The summed E-state index contributed by atoms with van der Waals surface area (Å²) in [5, 5.41) is 9.51. The first kappa shape index (κ1) is 13.9. The van der Waals surface area contributed by atoms with Crippen LogP contribution in [-0.4, -0.2) is 55.0 Å². The van der Waals surface area contributed by atoms with Crippen LogP contribution in [-0.2, 0) is 4.74 Å². The maximum absolute atomic E-state index is 9.51. The fourth-order valence-electron chi connectivity index (χ4n) is 2.17. The fraction of sp³-hybridized carbons (Fsp3) is 1.00. The average Bonchev–Trinajstić information content (AvgIpc) is 3.00. The zero-order chi connectivity index (χ0) is 12.1. The number of hydrogen-bond acceptors (Lipinski definition) is 4. The molecule has 0 saturated heterocycles. The number of methoxy groups -OCH3 is 1. The summed E-state index contributed by atoms with van der Waals surface area (Å²) in [5.41, 5.74) is 6.05. The molecule has 0 aromatic carbocycles. The van der Waals surface area contributed by atoms with E-state index < -0.39 is 0 Å². The largest absolute Gasteiger partial charge is 0.395 e. The maximum Gasteiger partial charge on any atom is 0.0629 e. The summed E-state index contributed by atoms with van der Waals surface area (Å²) in [4.78, 5) is 2.37. The monoisotopic (exact) mass is 230 g/mol. The lowest BCUT2D eigenvalue weighted by molar-refractivity contribution is 0.0583. The number of aliphatic hydroxyl groups excluding tert-OH is 1. The molecule has 4 nitrogen and oxygen atoms in total. The van der Waals surface area contributed by atoms with E-state index in [9.17, 15) is 5.11 Å². The number of nitrogens with two attached hydrogens (primary N) is 1. The Labute approximate surface area is 98.8 Å². The topological polar surface area (TPSA) is 58.7 Å². The molecule has 4 heteroatoms. The number of ether oxygens (including phenoxy) is 1. The summed E-state index contributed by atoms with van der Waals surface area (Å²) in [6.45, 7) is 6.03. The molecule has 0 radical (unpaired) electrons. The smallest absolute Gasteiger partial charge is 0.0629 e. The third-order valence-corrected chi connectivity index (χ3v) is 3.06. The van der Waals surface area contributed by atoms with Gasteiger partial charge in [-0.25, -0.2) is 0 Å². The molecule has 0 aromatic heterocycles. The molecule has 2 unspecified atom stereocenters. The van der Waals surface area contributed by atoms with E-state index in [1.54, 1.807) is 7.11 Å². The summed E-state index contributed by atoms with van der Waals surface area (Å²) in [5.74, 6) is 0.601. The van der Waals surface area contributed by atoms with Crippen LogP contribution in [0.15, 0.2) is 0 Å². The van der Waals surface area contributed by atoms with Crippen molar-refractivity contribution in [1.29, 1.82) is 0 Å². The van der Waals surface area contributed by atoms with Gasteiger partial charge in [0.1, 0.15) is 0 Å². The predicted molar refractivity (Wildman–Crippen MR) is 65.3 cm³/mol. The van der Waals surface area contributed by atoms with E-state index >= 15 is 0 Å². The van der Waals surface area contributed by atoms with Crippen molar-refractivity contribution in [2.75, 3.05) is 26.9 Å². The van der Waals surface area contributed by atoms with E-state index in [-0.39, 0.29) is 18.7 Å². The van der Waals surface area contributed by atoms with Crippen LogP contribution in [0.4, 0.5) is 0 Å². The number of hydrogen-bond donors (Lipinski definition) is 2. The molecular weight excluding hydrogens is 204 g/mol. The highest BCUT2D eigenvalue weighted by Crippen LogP contribution is 2.30. The second kappa shape index (κ2) is 6.55. The first-order chi connectivity index (χ1) is 7.60. The molecule has 0 amide bonds. The van der Waals surface area contributed by atoms with Crippen molar-refractivity contribution in [2.24, 2.45) is 11.7 Å². The zero-order valence-electron chi connectivity index (χ0n) is 10.7. The van der Waals surface area contributed by atoms with Crippen molar-refractivity contribution in [1.82, 2.24) is 4.90 Å². The van der Waals surface area contributed by atoms with Crippen molar-refractivity contribution < 1.29 is 9.84 Å². The number of aliphatic hydroxyl groups is 1. The molecular formula is C12H26N2O2. The van der Waals surface area contributed by atoms with Crippen molar-refractivity contribution in [2.45, 2.75) is 44.8 Å². The van der Waals surface area contributed by atoms with Crippen LogP contribution in [0.2, 0.25) is 0 Å². The van der Waals surface area contributed by atoms with E-state index in [0.29, 0.717) is 18.6 Å². The SMILES string of the molecule is COCC(N)C(CO)N(CC(C)C)C1CC1. The van der Waals surface area contributed by atoms with Gasteiger partial charge in [-0.05, 0) is 18.8 Å². The van der Waals surface area contributed by atoms with E-state index in [2.05, 4.69) is 18.7 Å². The van der Waals surface area contributed by atoms with Crippen LogP contribution in [0.25, 0.3) is 0 Å². The minimum absolute atomic E-state index is 0.0369. The molecule has 1 aliphatic carbocycles. The highest BCUT2D eigenvalue weighted by atomic mass is 16.5. The summed E-state index contributed by atoms with van der Waals surface area (Å²) < 4.78 is 5.08. The molecule has 0 aromatic rings. The summed E-state index contributed by atoms with van der Waals surface area (Å²) in [6.07, 6.45) is 2.48.